The van der Waals surface area contributed by atoms with Crippen LogP contribution < -0.4 is 9.56 Å². The summed E-state index contributed by atoms with van der Waals surface area (Å²) in [6.45, 7) is 2.63. The van der Waals surface area contributed by atoms with Gasteiger partial charge in [-0.25, -0.2) is 4.67 Å². The van der Waals surface area contributed by atoms with Crippen LogP contribution in [0.5, 0.6) is 0 Å². The van der Waals surface area contributed by atoms with E-state index in [0.29, 0.717) is 24.3 Å². The van der Waals surface area contributed by atoms with E-state index in [9.17, 15) is 9.69 Å². The Balaban J connectivity index is 2.18. The molecule has 28 heavy (non-hydrogen) atoms. The second-order valence-corrected chi connectivity index (χ2v) is 10.0. The highest BCUT2D eigenvalue weighted by atomic mass is 35.5. The summed E-state index contributed by atoms with van der Waals surface area (Å²) in [6, 6.07) is 16.5. The van der Waals surface area contributed by atoms with Gasteiger partial charge in [-0.05, 0) is 24.6 Å². The van der Waals surface area contributed by atoms with Crippen LogP contribution in [0.4, 0.5) is 5.69 Å². The summed E-state index contributed by atoms with van der Waals surface area (Å²) in [5.74, 6) is 0.332. The van der Waals surface area contributed by atoms with Crippen LogP contribution in [0.3, 0.4) is 0 Å². The van der Waals surface area contributed by atoms with Crippen molar-refractivity contribution in [2.24, 2.45) is 0 Å². The van der Waals surface area contributed by atoms with E-state index in [1.54, 1.807) is 22.5 Å². The number of amides is 1. The molecule has 0 bridgehead atoms. The van der Waals surface area contributed by atoms with E-state index >= 15 is 0 Å². The molecule has 0 aliphatic carbocycles. The molecule has 1 heterocycles. The summed E-state index contributed by atoms with van der Waals surface area (Å²) in [4.78, 5) is 28.1. The standard InChI is InChI=1S/C20H24Cl2N3O2P/c1-16(17-8-4-3-5-9-17)25-20(26)18-10-6-7-11-19(18)23(2)28(25,27)24(14-12-21)15-13-22/h3-11,16H,12-15H2,1-2H3/t16-,28?/m1/s1. The van der Waals surface area contributed by atoms with Gasteiger partial charge in [0, 0.05) is 18.8 Å². The fraction of sp³-hybridized carbons (Fsp3) is 0.350. The third-order valence-corrected chi connectivity index (χ3v) is 8.63. The van der Waals surface area contributed by atoms with Gasteiger partial charge in [-0.1, -0.05) is 42.5 Å². The number of fused-ring (bicyclic) bond motifs is 1. The number of hydrogen-bond acceptors (Lipinski definition) is 4. The van der Waals surface area contributed by atoms with Gasteiger partial charge in [-0.3, -0.25) is 4.79 Å². The van der Waals surface area contributed by atoms with Crippen molar-refractivity contribution in [3.05, 3.63) is 65.7 Å². The third kappa shape index (κ3) is 3.62. The predicted octanol–water partition coefficient (Wildman–Crippen LogP) is 4.16. The molecule has 2 aromatic rings. The Labute approximate surface area is 177 Å². The van der Waals surface area contributed by atoms with E-state index in [4.69, 9.17) is 23.2 Å². The maximum atomic E-state index is 14.6. The molecule has 0 spiro atoms. The molecule has 1 unspecified atom stereocenters. The first-order chi connectivity index (χ1) is 13.5. The Bertz CT molecular complexity index is 820. The van der Waals surface area contributed by atoms with Crippen LogP contribution in [0, 0.1) is 0 Å². The minimum absolute atomic E-state index is 0.248. The number of alkyl halides is 2. The van der Waals surface area contributed by atoms with Gasteiger partial charge in [-0.15, -0.1) is 27.9 Å². The van der Waals surface area contributed by atoms with E-state index in [1.165, 1.54) is 4.67 Å². The third-order valence-electron chi connectivity index (χ3n) is 5.07. The van der Waals surface area contributed by atoms with Gasteiger partial charge in [0.25, 0.3) is 5.91 Å². The molecule has 2 atom stereocenters. The van der Waals surface area contributed by atoms with Crippen molar-refractivity contribution in [3.8, 4) is 0 Å². The minimum atomic E-state index is -3.49. The molecule has 1 aliphatic rings. The fourth-order valence-corrected chi connectivity index (χ4v) is 7.32. The number of carbonyl (C=O) groups excluding carboxylic acids is 1. The van der Waals surface area contributed by atoms with Gasteiger partial charge in [0.1, 0.15) is 0 Å². The number of hydrogen-bond donors (Lipinski definition) is 0. The first-order valence-electron chi connectivity index (χ1n) is 9.16. The number of benzene rings is 2. The topological polar surface area (TPSA) is 49.9 Å². The van der Waals surface area contributed by atoms with Crippen LogP contribution in [0.25, 0.3) is 0 Å². The molecule has 0 saturated carbocycles. The highest BCUT2D eigenvalue weighted by Crippen LogP contribution is 2.66. The van der Waals surface area contributed by atoms with Crippen molar-refractivity contribution in [1.82, 2.24) is 9.34 Å². The van der Waals surface area contributed by atoms with Crippen LogP contribution in [0.15, 0.2) is 54.6 Å². The van der Waals surface area contributed by atoms with Crippen LogP contribution in [-0.2, 0) is 0 Å². The Morgan fingerprint density at radius 1 is 1.04 bits per heavy atom. The van der Waals surface area contributed by atoms with E-state index in [0.717, 1.165) is 5.56 Å². The Kier molecular flexibility index (Phi) is 6.85. The molecule has 0 aromatic heterocycles. The summed E-state index contributed by atoms with van der Waals surface area (Å²) < 4.78 is 4.99. The lowest BCUT2D eigenvalue weighted by Gasteiger charge is -2.54. The van der Waals surface area contributed by atoms with Crippen molar-refractivity contribution in [3.63, 3.8) is 0 Å². The molecule has 1 amide bonds. The van der Waals surface area contributed by atoms with Crippen molar-refractivity contribution in [2.45, 2.75) is 13.0 Å². The molecule has 5 nitrogen and oxygen atoms in total. The molecule has 0 N–H and O–H groups in total. The largest absolute Gasteiger partial charge is 0.627 e. The van der Waals surface area contributed by atoms with Crippen molar-refractivity contribution < 1.29 is 9.69 Å². The van der Waals surface area contributed by atoms with E-state index in [1.807, 2.05) is 55.5 Å². The molecule has 0 radical (unpaired) electrons. The maximum Gasteiger partial charge on any atom is 0.290 e. The van der Waals surface area contributed by atoms with Crippen LogP contribution in [0.2, 0.25) is 0 Å². The van der Waals surface area contributed by atoms with Crippen LogP contribution >= 0.6 is 31.1 Å². The molecule has 0 fully saturated rings. The number of halogens is 2. The van der Waals surface area contributed by atoms with Gasteiger partial charge < -0.3 is 4.89 Å². The molecule has 0 saturated heterocycles. The van der Waals surface area contributed by atoms with Crippen molar-refractivity contribution in [2.75, 3.05) is 36.6 Å². The normalized spacial score (nSPS) is 20.4. The molecule has 8 heteroatoms. The van der Waals surface area contributed by atoms with Gasteiger partial charge >= 0.3 is 0 Å². The molecule has 150 valence electrons. The number of rotatable bonds is 7. The lowest BCUT2D eigenvalue weighted by molar-refractivity contribution is -0.195. The monoisotopic (exact) mass is 439 g/mol. The molecule has 2 aromatic carbocycles. The minimum Gasteiger partial charge on any atom is -0.627 e. The Morgan fingerprint density at radius 2 is 1.61 bits per heavy atom. The second-order valence-electron chi connectivity index (χ2n) is 6.62. The summed E-state index contributed by atoms with van der Waals surface area (Å²) >= 11 is 12.0. The first-order valence-corrected chi connectivity index (χ1v) is 11.8. The first kappa shape index (κ1) is 21.4. The second kappa shape index (κ2) is 8.98. The summed E-state index contributed by atoms with van der Waals surface area (Å²) in [5, 5.41) is 0. The average molecular weight is 440 g/mol. The number of para-hydroxylation sites is 1. The predicted molar refractivity (Wildman–Crippen MR) is 116 cm³/mol. The van der Waals surface area contributed by atoms with Gasteiger partial charge in [0.05, 0.1) is 30.4 Å². The molecular formula is C20H24Cl2N3O2P. The summed E-state index contributed by atoms with van der Waals surface area (Å²) in [7, 11) is -1.72. The smallest absolute Gasteiger partial charge is 0.290 e. The molecule has 3 rings (SSSR count). The van der Waals surface area contributed by atoms with Gasteiger partial charge in [-0.2, -0.15) is 4.67 Å². The Hall–Kier alpha value is -1.36. The molecular weight excluding hydrogens is 416 g/mol. The van der Waals surface area contributed by atoms with E-state index < -0.39 is 7.94 Å². The zero-order valence-corrected chi connectivity index (χ0v) is 18.4. The zero-order valence-electron chi connectivity index (χ0n) is 16.0. The Morgan fingerprint density at radius 3 is 2.21 bits per heavy atom. The number of carbonyl (C=O) groups is 1. The number of anilines is 1. The van der Waals surface area contributed by atoms with Crippen molar-refractivity contribution >= 4 is 42.7 Å². The van der Waals surface area contributed by atoms with Crippen LogP contribution in [-0.4, -0.2) is 47.1 Å². The SMILES string of the molecule is C[C@H](c1ccccc1)N1C(=O)c2ccccc2N(C)[P+]1([O-])N(CCCl)CCCl. The highest BCUT2D eigenvalue weighted by molar-refractivity contribution is 7.66. The van der Waals surface area contributed by atoms with Gasteiger partial charge in [0.2, 0.25) is 7.94 Å². The lowest BCUT2D eigenvalue weighted by Crippen LogP contribution is -2.56. The number of nitrogens with zero attached hydrogens (tertiary/aromatic N) is 3. The van der Waals surface area contributed by atoms with Crippen molar-refractivity contribution in [1.29, 1.82) is 0 Å². The van der Waals surface area contributed by atoms with E-state index in [2.05, 4.69) is 0 Å². The maximum absolute atomic E-state index is 14.6. The quantitative estimate of drug-likeness (QED) is 0.480. The highest BCUT2D eigenvalue weighted by Gasteiger charge is 2.55. The van der Waals surface area contributed by atoms with E-state index in [-0.39, 0.29) is 23.7 Å². The van der Waals surface area contributed by atoms with Gasteiger partial charge in [0.15, 0.2) is 0 Å². The summed E-state index contributed by atoms with van der Waals surface area (Å²) in [5.41, 5.74) is 2.11. The lowest BCUT2D eigenvalue weighted by atomic mass is 10.1. The average Bonchev–Trinajstić information content (AvgIpc) is 2.72. The summed E-state index contributed by atoms with van der Waals surface area (Å²) in [6.07, 6.45) is 0. The zero-order chi connectivity index (χ0) is 20.3. The molecule has 1 aliphatic heterocycles. The van der Waals surface area contributed by atoms with Crippen LogP contribution in [0.1, 0.15) is 28.9 Å². The fourth-order valence-electron chi connectivity index (χ4n) is 3.63.